The molecule has 0 radical (unpaired) electrons. The highest BCUT2D eigenvalue weighted by molar-refractivity contribution is 5.38. The van der Waals surface area contributed by atoms with Crippen LogP contribution in [0.15, 0.2) is 0 Å². The Morgan fingerprint density at radius 1 is 1.05 bits per heavy atom. The summed E-state index contributed by atoms with van der Waals surface area (Å²) < 4.78 is 5.66. The number of anilines is 2. The smallest absolute Gasteiger partial charge is 0.323 e. The molecule has 21 heavy (non-hydrogen) atoms. The van der Waals surface area contributed by atoms with E-state index in [1.54, 1.807) is 0 Å². The zero-order chi connectivity index (χ0) is 15.1. The Morgan fingerprint density at radius 3 is 2.33 bits per heavy atom. The molecule has 2 rings (SSSR count). The van der Waals surface area contributed by atoms with Gasteiger partial charge in [0.15, 0.2) is 0 Å². The van der Waals surface area contributed by atoms with Crippen molar-refractivity contribution in [3.05, 3.63) is 0 Å². The molecule has 1 aromatic heterocycles. The minimum absolute atomic E-state index is 0.0575. The van der Waals surface area contributed by atoms with Crippen molar-refractivity contribution in [1.82, 2.24) is 15.0 Å². The maximum Gasteiger partial charge on any atom is 0.323 e. The van der Waals surface area contributed by atoms with Gasteiger partial charge in [-0.2, -0.15) is 15.0 Å². The second kappa shape index (κ2) is 8.00. The van der Waals surface area contributed by atoms with Crippen LogP contribution in [0.2, 0.25) is 0 Å². The summed E-state index contributed by atoms with van der Waals surface area (Å²) in [4.78, 5) is 15.6. The van der Waals surface area contributed by atoms with E-state index in [2.05, 4.69) is 25.2 Å². The van der Waals surface area contributed by atoms with E-state index in [1.807, 2.05) is 20.8 Å². The fraction of sp³-hybridized carbons (Fsp3) is 0.800. The van der Waals surface area contributed by atoms with Crippen molar-refractivity contribution in [2.24, 2.45) is 0 Å². The molecule has 118 valence electrons. The zero-order valence-electron chi connectivity index (χ0n) is 13.4. The molecule has 1 aromatic rings. The molecule has 0 aromatic carbocycles. The van der Waals surface area contributed by atoms with Gasteiger partial charge in [-0.25, -0.2) is 0 Å². The first-order valence-corrected chi connectivity index (χ1v) is 8.10. The van der Waals surface area contributed by atoms with E-state index in [9.17, 15) is 0 Å². The highest BCUT2D eigenvalue weighted by Crippen LogP contribution is 2.19. The van der Waals surface area contributed by atoms with Gasteiger partial charge in [0, 0.05) is 19.6 Å². The van der Waals surface area contributed by atoms with Gasteiger partial charge in [0.25, 0.3) is 0 Å². The zero-order valence-corrected chi connectivity index (χ0v) is 13.4. The van der Waals surface area contributed by atoms with Crippen molar-refractivity contribution in [2.75, 3.05) is 29.9 Å². The molecule has 1 saturated heterocycles. The lowest BCUT2D eigenvalue weighted by Crippen LogP contribution is -2.29. The molecule has 0 spiro atoms. The summed E-state index contributed by atoms with van der Waals surface area (Å²) >= 11 is 0. The summed E-state index contributed by atoms with van der Waals surface area (Å²) in [6.07, 6.45) is 6.37. The van der Waals surface area contributed by atoms with Crippen LogP contribution in [-0.2, 0) is 0 Å². The lowest BCUT2D eigenvalue weighted by molar-refractivity contribution is 0.222. The fourth-order valence-corrected chi connectivity index (χ4v) is 2.44. The number of hydrogen-bond acceptors (Lipinski definition) is 6. The number of hydrogen-bond donors (Lipinski definition) is 1. The van der Waals surface area contributed by atoms with Gasteiger partial charge in [-0.1, -0.05) is 19.3 Å². The van der Waals surface area contributed by atoms with Crippen molar-refractivity contribution in [3.8, 4) is 6.01 Å². The minimum atomic E-state index is 0.0575. The monoisotopic (exact) mass is 293 g/mol. The molecule has 1 aliphatic rings. The highest BCUT2D eigenvalue weighted by atomic mass is 16.5. The highest BCUT2D eigenvalue weighted by Gasteiger charge is 2.15. The average Bonchev–Trinajstić information content (AvgIpc) is 2.37. The van der Waals surface area contributed by atoms with Crippen LogP contribution in [0, 0.1) is 0 Å². The van der Waals surface area contributed by atoms with Gasteiger partial charge in [-0.05, 0) is 33.6 Å². The average molecular weight is 293 g/mol. The first-order chi connectivity index (χ1) is 10.2. The SMILES string of the molecule is CCNc1nc(OC(C)C)nc(N2CCCCCCC2)n1. The van der Waals surface area contributed by atoms with E-state index in [0.717, 1.165) is 25.6 Å². The molecule has 0 saturated carbocycles. The third kappa shape index (κ3) is 5.02. The largest absolute Gasteiger partial charge is 0.461 e. The van der Waals surface area contributed by atoms with Crippen LogP contribution in [0.25, 0.3) is 0 Å². The third-order valence-corrected chi connectivity index (χ3v) is 3.42. The molecule has 0 unspecified atom stereocenters. The Balaban J connectivity index is 2.20. The van der Waals surface area contributed by atoms with Gasteiger partial charge in [-0.15, -0.1) is 0 Å². The van der Waals surface area contributed by atoms with E-state index in [4.69, 9.17) is 4.74 Å². The van der Waals surface area contributed by atoms with Crippen LogP contribution in [0.1, 0.15) is 52.9 Å². The van der Waals surface area contributed by atoms with Crippen molar-refractivity contribution in [3.63, 3.8) is 0 Å². The summed E-state index contributed by atoms with van der Waals surface area (Å²) in [5.74, 6) is 1.33. The quantitative estimate of drug-likeness (QED) is 0.900. The molecular formula is C15H27N5O. The van der Waals surface area contributed by atoms with Gasteiger partial charge >= 0.3 is 6.01 Å². The van der Waals surface area contributed by atoms with Crippen LogP contribution in [0.5, 0.6) is 6.01 Å². The molecule has 6 heteroatoms. The molecule has 2 heterocycles. The molecule has 0 atom stereocenters. The van der Waals surface area contributed by atoms with E-state index in [1.165, 1.54) is 32.1 Å². The lowest BCUT2D eigenvalue weighted by Gasteiger charge is -2.25. The van der Waals surface area contributed by atoms with Gasteiger partial charge < -0.3 is 15.0 Å². The van der Waals surface area contributed by atoms with Gasteiger partial charge in [-0.3, -0.25) is 0 Å². The molecule has 0 aliphatic carbocycles. The second-order valence-electron chi connectivity index (χ2n) is 5.69. The maximum atomic E-state index is 5.66. The molecule has 0 amide bonds. The van der Waals surface area contributed by atoms with E-state index < -0.39 is 0 Å². The number of nitrogens with one attached hydrogen (secondary N) is 1. The van der Waals surface area contributed by atoms with Crippen molar-refractivity contribution in [2.45, 2.75) is 59.0 Å². The Hall–Kier alpha value is -1.59. The van der Waals surface area contributed by atoms with Crippen LogP contribution >= 0.6 is 0 Å². The number of aromatic nitrogens is 3. The normalized spacial score (nSPS) is 16.5. The fourth-order valence-electron chi connectivity index (χ4n) is 2.44. The van der Waals surface area contributed by atoms with Crippen LogP contribution in [0.3, 0.4) is 0 Å². The van der Waals surface area contributed by atoms with E-state index >= 15 is 0 Å². The Bertz CT molecular complexity index is 430. The molecule has 1 N–H and O–H groups in total. The standard InChI is InChI=1S/C15H27N5O/c1-4-16-13-17-14(19-15(18-13)21-12(2)3)20-10-8-6-5-7-9-11-20/h12H,4-11H2,1-3H3,(H,16,17,18,19). The summed E-state index contributed by atoms with van der Waals surface area (Å²) in [7, 11) is 0. The van der Waals surface area contributed by atoms with Gasteiger partial charge in [0.2, 0.25) is 11.9 Å². The van der Waals surface area contributed by atoms with Gasteiger partial charge in [0.05, 0.1) is 6.10 Å². The molecule has 6 nitrogen and oxygen atoms in total. The Morgan fingerprint density at radius 2 is 1.71 bits per heavy atom. The Kier molecular flexibility index (Phi) is 6.02. The van der Waals surface area contributed by atoms with Crippen LogP contribution in [-0.4, -0.2) is 40.7 Å². The minimum Gasteiger partial charge on any atom is -0.461 e. The van der Waals surface area contributed by atoms with E-state index in [0.29, 0.717) is 12.0 Å². The van der Waals surface area contributed by atoms with E-state index in [-0.39, 0.29) is 6.10 Å². The number of rotatable bonds is 5. The number of ether oxygens (including phenoxy) is 1. The van der Waals surface area contributed by atoms with Crippen molar-refractivity contribution >= 4 is 11.9 Å². The van der Waals surface area contributed by atoms with Gasteiger partial charge in [0.1, 0.15) is 0 Å². The Labute approximate surface area is 127 Å². The summed E-state index contributed by atoms with van der Waals surface area (Å²) in [5.41, 5.74) is 0. The predicted molar refractivity (Wildman–Crippen MR) is 85.1 cm³/mol. The molecule has 1 fully saturated rings. The van der Waals surface area contributed by atoms with Crippen LogP contribution < -0.4 is 15.0 Å². The van der Waals surface area contributed by atoms with Crippen molar-refractivity contribution in [1.29, 1.82) is 0 Å². The second-order valence-corrected chi connectivity index (χ2v) is 5.69. The first-order valence-electron chi connectivity index (χ1n) is 8.10. The molecule has 0 bridgehead atoms. The third-order valence-electron chi connectivity index (χ3n) is 3.42. The summed E-state index contributed by atoms with van der Waals surface area (Å²) in [5, 5.41) is 3.16. The summed E-state index contributed by atoms with van der Waals surface area (Å²) in [6.45, 7) is 8.79. The molecular weight excluding hydrogens is 266 g/mol. The maximum absolute atomic E-state index is 5.66. The predicted octanol–water partition coefficient (Wildman–Crippen LogP) is 2.86. The topological polar surface area (TPSA) is 63.2 Å². The molecule has 1 aliphatic heterocycles. The first kappa shape index (κ1) is 15.8. The van der Waals surface area contributed by atoms with Crippen LogP contribution in [0.4, 0.5) is 11.9 Å². The number of nitrogens with zero attached hydrogens (tertiary/aromatic N) is 4. The summed E-state index contributed by atoms with van der Waals surface area (Å²) in [6, 6.07) is 0.410. The van der Waals surface area contributed by atoms with Crippen molar-refractivity contribution < 1.29 is 4.74 Å². The lowest BCUT2D eigenvalue weighted by atomic mass is 10.1.